The Morgan fingerprint density at radius 2 is 1.52 bits per heavy atom. The lowest BCUT2D eigenvalue weighted by Gasteiger charge is -2.18. The van der Waals surface area contributed by atoms with E-state index < -0.39 is 0 Å². The van der Waals surface area contributed by atoms with Crippen molar-refractivity contribution >= 4 is 28.2 Å². The van der Waals surface area contributed by atoms with Crippen LogP contribution < -0.4 is 5.32 Å². The number of carbonyl (C=O) groups excluding carboxylic acids is 1. The van der Waals surface area contributed by atoms with Gasteiger partial charge in [0.05, 0.1) is 5.69 Å². The van der Waals surface area contributed by atoms with E-state index in [1.54, 1.807) is 23.1 Å². The van der Waals surface area contributed by atoms with Crippen LogP contribution in [-0.4, -0.2) is 39.2 Å². The van der Waals surface area contributed by atoms with Gasteiger partial charge in [-0.1, -0.05) is 48.5 Å². The van der Waals surface area contributed by atoms with E-state index in [0.717, 1.165) is 22.0 Å². The molecule has 0 unspecified atom stereocenters. The van der Waals surface area contributed by atoms with Crippen LogP contribution in [0.25, 0.3) is 22.0 Å². The monoisotopic (exact) mass is 412 g/mol. The number of phenols is 1. The summed E-state index contributed by atoms with van der Waals surface area (Å²) in [4.78, 5) is 14.4. The molecule has 0 saturated carbocycles. The average Bonchev–Trinajstić information content (AvgIpc) is 2.81. The van der Waals surface area contributed by atoms with E-state index in [1.165, 1.54) is 0 Å². The minimum atomic E-state index is 0.0229. The van der Waals surface area contributed by atoms with Crippen LogP contribution in [-0.2, 0) is 0 Å². The summed E-state index contributed by atoms with van der Waals surface area (Å²) in [6, 6.07) is 22.3. The smallest absolute Gasteiger partial charge is 0.253 e. The Balaban J connectivity index is 1.71. The summed E-state index contributed by atoms with van der Waals surface area (Å²) in [5.41, 5.74) is 2.84. The van der Waals surface area contributed by atoms with Crippen molar-refractivity contribution in [2.45, 2.75) is 13.8 Å². The second-order valence-corrected chi connectivity index (χ2v) is 7.14. The van der Waals surface area contributed by atoms with Crippen LogP contribution in [0.1, 0.15) is 24.2 Å². The van der Waals surface area contributed by atoms with Gasteiger partial charge in [-0.25, -0.2) is 0 Å². The standard InChI is InChI=1S/C25H24N4O2/c1-3-29(4-2)25(31)18-15-13-17(14-16-18)23-19-9-5-6-10-20(19)24(28-27-23)26-21-11-7-8-12-22(21)30/h5-16,30H,3-4H2,1-2H3,(H,26,28). The Hall–Kier alpha value is -3.93. The molecule has 0 fully saturated rings. The van der Waals surface area contributed by atoms with E-state index in [1.807, 2.05) is 68.4 Å². The molecule has 3 aromatic carbocycles. The summed E-state index contributed by atoms with van der Waals surface area (Å²) in [6.45, 7) is 5.31. The number of phenolic OH excluding ortho intramolecular Hbond substituents is 1. The van der Waals surface area contributed by atoms with Crippen LogP contribution in [0.3, 0.4) is 0 Å². The van der Waals surface area contributed by atoms with Crippen molar-refractivity contribution in [3.05, 3.63) is 78.4 Å². The lowest BCUT2D eigenvalue weighted by atomic mass is 10.0. The number of nitrogens with zero attached hydrogens (tertiary/aromatic N) is 3. The molecule has 4 aromatic rings. The molecule has 0 radical (unpaired) electrons. The summed E-state index contributed by atoms with van der Waals surface area (Å²) < 4.78 is 0. The van der Waals surface area contributed by atoms with Crippen LogP contribution in [0.4, 0.5) is 11.5 Å². The highest BCUT2D eigenvalue weighted by Gasteiger charge is 2.15. The summed E-state index contributed by atoms with van der Waals surface area (Å²) >= 11 is 0. The lowest BCUT2D eigenvalue weighted by molar-refractivity contribution is 0.0773. The number of carbonyl (C=O) groups is 1. The van der Waals surface area contributed by atoms with Gasteiger partial charge >= 0.3 is 0 Å². The number of aromatic hydroxyl groups is 1. The molecule has 0 saturated heterocycles. The number of anilines is 2. The maximum Gasteiger partial charge on any atom is 0.253 e. The molecular formula is C25H24N4O2. The third-order valence-electron chi connectivity index (χ3n) is 5.30. The van der Waals surface area contributed by atoms with Crippen molar-refractivity contribution in [2.75, 3.05) is 18.4 Å². The number of amides is 1. The minimum absolute atomic E-state index is 0.0229. The summed E-state index contributed by atoms with van der Waals surface area (Å²) in [6.07, 6.45) is 0. The van der Waals surface area contributed by atoms with Gasteiger partial charge in [0.1, 0.15) is 11.4 Å². The minimum Gasteiger partial charge on any atom is -0.506 e. The highest BCUT2D eigenvalue weighted by molar-refractivity contribution is 6.01. The van der Waals surface area contributed by atoms with Gasteiger partial charge in [-0.15, -0.1) is 10.2 Å². The van der Waals surface area contributed by atoms with Crippen molar-refractivity contribution in [3.8, 4) is 17.0 Å². The maximum atomic E-state index is 12.6. The van der Waals surface area contributed by atoms with Crippen molar-refractivity contribution in [1.29, 1.82) is 0 Å². The number of nitrogens with one attached hydrogen (secondary N) is 1. The Kier molecular flexibility index (Phi) is 5.80. The molecule has 0 spiro atoms. The molecule has 0 aliphatic rings. The van der Waals surface area contributed by atoms with E-state index >= 15 is 0 Å². The van der Waals surface area contributed by atoms with Gasteiger partial charge in [-0.2, -0.15) is 0 Å². The van der Waals surface area contributed by atoms with Crippen LogP contribution in [0.5, 0.6) is 5.75 Å². The Labute approximate surface area is 181 Å². The Bertz CT molecular complexity index is 1220. The fourth-order valence-corrected chi connectivity index (χ4v) is 3.58. The van der Waals surface area contributed by atoms with E-state index in [-0.39, 0.29) is 11.7 Å². The van der Waals surface area contributed by atoms with Crippen LogP contribution in [0.15, 0.2) is 72.8 Å². The van der Waals surface area contributed by atoms with Gasteiger partial charge in [-0.3, -0.25) is 4.79 Å². The van der Waals surface area contributed by atoms with Gasteiger partial charge in [0, 0.05) is 35.0 Å². The third kappa shape index (κ3) is 4.05. The van der Waals surface area contributed by atoms with Crippen molar-refractivity contribution < 1.29 is 9.90 Å². The fourth-order valence-electron chi connectivity index (χ4n) is 3.58. The first kappa shape index (κ1) is 20.3. The summed E-state index contributed by atoms with van der Waals surface area (Å²) in [7, 11) is 0. The number of hydrogen-bond donors (Lipinski definition) is 2. The predicted octanol–water partition coefficient (Wildman–Crippen LogP) is 5.23. The van der Waals surface area contributed by atoms with Crippen LogP contribution >= 0.6 is 0 Å². The number of fused-ring (bicyclic) bond motifs is 1. The molecule has 1 amide bonds. The molecule has 0 bridgehead atoms. The summed E-state index contributed by atoms with van der Waals surface area (Å²) in [5, 5.41) is 23.9. The molecule has 31 heavy (non-hydrogen) atoms. The second kappa shape index (κ2) is 8.83. The SMILES string of the molecule is CCN(CC)C(=O)c1ccc(-c2nnc(Nc3ccccc3O)c3ccccc23)cc1. The second-order valence-electron chi connectivity index (χ2n) is 7.14. The zero-order valence-corrected chi connectivity index (χ0v) is 17.5. The normalized spacial score (nSPS) is 10.8. The largest absolute Gasteiger partial charge is 0.506 e. The highest BCUT2D eigenvalue weighted by atomic mass is 16.3. The molecule has 156 valence electrons. The van der Waals surface area contributed by atoms with Crippen LogP contribution in [0, 0.1) is 0 Å². The predicted molar refractivity (Wildman–Crippen MR) is 124 cm³/mol. The highest BCUT2D eigenvalue weighted by Crippen LogP contribution is 2.33. The number of hydrogen-bond acceptors (Lipinski definition) is 5. The summed E-state index contributed by atoms with van der Waals surface area (Å²) in [5.74, 6) is 0.731. The first-order valence-corrected chi connectivity index (χ1v) is 10.3. The lowest BCUT2D eigenvalue weighted by Crippen LogP contribution is -2.30. The fraction of sp³-hybridized carbons (Fsp3) is 0.160. The molecule has 6 heteroatoms. The number of benzene rings is 3. The van der Waals surface area contributed by atoms with Crippen molar-refractivity contribution in [3.63, 3.8) is 0 Å². The van der Waals surface area contributed by atoms with E-state index in [4.69, 9.17) is 0 Å². The molecule has 2 N–H and O–H groups in total. The molecule has 4 rings (SSSR count). The Morgan fingerprint density at radius 1 is 0.871 bits per heavy atom. The third-order valence-corrected chi connectivity index (χ3v) is 5.30. The first-order valence-electron chi connectivity index (χ1n) is 10.3. The molecule has 1 heterocycles. The van der Waals surface area contributed by atoms with E-state index in [2.05, 4.69) is 15.5 Å². The number of rotatable bonds is 6. The number of aromatic nitrogens is 2. The van der Waals surface area contributed by atoms with Gasteiger partial charge in [0.15, 0.2) is 5.82 Å². The number of para-hydroxylation sites is 2. The molecular weight excluding hydrogens is 388 g/mol. The van der Waals surface area contributed by atoms with Crippen molar-refractivity contribution in [1.82, 2.24) is 15.1 Å². The Morgan fingerprint density at radius 3 is 2.19 bits per heavy atom. The van der Waals surface area contributed by atoms with Gasteiger partial charge in [-0.05, 0) is 38.1 Å². The van der Waals surface area contributed by atoms with Crippen molar-refractivity contribution in [2.24, 2.45) is 0 Å². The topological polar surface area (TPSA) is 78.4 Å². The van der Waals surface area contributed by atoms with Gasteiger partial charge in [0.25, 0.3) is 5.91 Å². The molecule has 1 aromatic heterocycles. The van der Waals surface area contributed by atoms with Gasteiger partial charge in [0.2, 0.25) is 0 Å². The zero-order chi connectivity index (χ0) is 21.8. The first-order chi connectivity index (χ1) is 15.1. The maximum absolute atomic E-state index is 12.6. The average molecular weight is 412 g/mol. The molecule has 0 aliphatic carbocycles. The molecule has 6 nitrogen and oxygen atoms in total. The van der Waals surface area contributed by atoms with E-state index in [0.29, 0.717) is 30.2 Å². The van der Waals surface area contributed by atoms with Crippen LogP contribution in [0.2, 0.25) is 0 Å². The zero-order valence-electron chi connectivity index (χ0n) is 17.5. The molecule has 0 aliphatic heterocycles. The van der Waals surface area contributed by atoms with Gasteiger partial charge < -0.3 is 15.3 Å². The van der Waals surface area contributed by atoms with E-state index in [9.17, 15) is 9.90 Å². The quantitative estimate of drug-likeness (QED) is 0.424. The molecule has 0 atom stereocenters.